The molecule has 90 valence electrons. The Bertz CT molecular complexity index is 540. The maximum Gasteiger partial charge on any atom is 0.149 e. The van der Waals surface area contributed by atoms with Crippen molar-refractivity contribution in [2.75, 3.05) is 6.61 Å². The molecule has 2 aromatic rings. The van der Waals surface area contributed by atoms with Crippen LogP contribution < -0.4 is 4.74 Å². The fraction of sp³-hybridized carbons (Fsp3) is 0.133. The van der Waals surface area contributed by atoms with Crippen molar-refractivity contribution in [2.45, 2.75) is 6.42 Å². The molecule has 2 nitrogen and oxygen atoms in total. The van der Waals surface area contributed by atoms with Crippen LogP contribution in [-0.2, 0) is 6.42 Å². The molecular formula is C15H12ClNO. The van der Waals surface area contributed by atoms with Gasteiger partial charge in [0.25, 0.3) is 0 Å². The topological polar surface area (TPSA) is 22.1 Å². The minimum Gasteiger partial charge on any atom is -0.481 e. The van der Waals surface area contributed by atoms with E-state index in [9.17, 15) is 0 Å². The molecule has 0 saturated carbocycles. The molecule has 0 amide bonds. The lowest BCUT2D eigenvalue weighted by Gasteiger charge is -2.00. The number of benzene rings is 1. The van der Waals surface area contributed by atoms with Gasteiger partial charge in [0.05, 0.1) is 12.1 Å². The van der Waals surface area contributed by atoms with E-state index in [0.717, 1.165) is 11.4 Å². The van der Waals surface area contributed by atoms with Crippen molar-refractivity contribution in [3.8, 4) is 17.6 Å². The predicted molar refractivity (Wildman–Crippen MR) is 72.7 cm³/mol. The Morgan fingerprint density at radius 3 is 2.61 bits per heavy atom. The molecule has 3 heteroatoms. The van der Waals surface area contributed by atoms with E-state index in [1.807, 2.05) is 30.3 Å². The number of hydrogen-bond donors (Lipinski definition) is 0. The van der Waals surface area contributed by atoms with Gasteiger partial charge in [-0.05, 0) is 36.4 Å². The van der Waals surface area contributed by atoms with Crippen molar-refractivity contribution in [3.63, 3.8) is 0 Å². The van der Waals surface area contributed by atoms with Crippen LogP contribution in [0.4, 0.5) is 0 Å². The summed E-state index contributed by atoms with van der Waals surface area (Å²) in [6, 6.07) is 13.0. The van der Waals surface area contributed by atoms with Gasteiger partial charge in [0.2, 0.25) is 0 Å². The van der Waals surface area contributed by atoms with Gasteiger partial charge in [0.15, 0.2) is 0 Å². The lowest BCUT2D eigenvalue weighted by Crippen LogP contribution is -1.94. The van der Waals surface area contributed by atoms with Crippen LogP contribution in [-0.4, -0.2) is 11.6 Å². The first kappa shape index (κ1) is 12.5. The molecule has 0 saturated heterocycles. The Hall–Kier alpha value is -1.98. The fourth-order valence-corrected chi connectivity index (χ4v) is 1.48. The molecule has 0 spiro atoms. The van der Waals surface area contributed by atoms with E-state index < -0.39 is 0 Å². The molecule has 0 aliphatic heterocycles. The molecule has 0 N–H and O–H groups in total. The Labute approximate surface area is 112 Å². The maximum absolute atomic E-state index is 5.77. The van der Waals surface area contributed by atoms with Crippen molar-refractivity contribution >= 4 is 11.6 Å². The van der Waals surface area contributed by atoms with Crippen LogP contribution >= 0.6 is 11.6 Å². The Balaban J connectivity index is 1.77. The third kappa shape index (κ3) is 4.12. The van der Waals surface area contributed by atoms with Gasteiger partial charge in [-0.25, -0.2) is 0 Å². The largest absolute Gasteiger partial charge is 0.481 e. The number of hydrogen-bond acceptors (Lipinski definition) is 2. The highest BCUT2D eigenvalue weighted by Gasteiger charge is 1.91. The fourth-order valence-electron chi connectivity index (χ4n) is 1.36. The predicted octanol–water partition coefficient (Wildman–Crippen LogP) is 3.36. The molecule has 0 radical (unpaired) electrons. The number of ether oxygens (including phenoxy) is 1. The molecule has 0 aliphatic rings. The first-order valence-corrected chi connectivity index (χ1v) is 5.96. The molecule has 1 aromatic heterocycles. The normalized spacial score (nSPS) is 9.39. The standard InChI is InChI=1S/C15H12ClNO/c16-13-7-9-15(10-8-13)18-12-4-2-6-14-5-1-3-11-17-14/h1,3,5,7-11H,6,12H2. The van der Waals surface area contributed by atoms with E-state index in [1.165, 1.54) is 0 Å². The van der Waals surface area contributed by atoms with Crippen LogP contribution in [0.25, 0.3) is 0 Å². The highest BCUT2D eigenvalue weighted by molar-refractivity contribution is 6.30. The van der Waals surface area contributed by atoms with Gasteiger partial charge < -0.3 is 4.74 Å². The van der Waals surface area contributed by atoms with E-state index in [0.29, 0.717) is 18.1 Å². The van der Waals surface area contributed by atoms with Crippen molar-refractivity contribution < 1.29 is 4.74 Å². The van der Waals surface area contributed by atoms with E-state index in [-0.39, 0.29) is 0 Å². The van der Waals surface area contributed by atoms with E-state index in [4.69, 9.17) is 16.3 Å². The van der Waals surface area contributed by atoms with Crippen LogP contribution in [0.2, 0.25) is 5.02 Å². The summed E-state index contributed by atoms with van der Waals surface area (Å²) in [6.45, 7) is 0.370. The van der Waals surface area contributed by atoms with E-state index in [2.05, 4.69) is 16.8 Å². The van der Waals surface area contributed by atoms with Gasteiger partial charge in [-0.3, -0.25) is 4.98 Å². The summed E-state index contributed by atoms with van der Waals surface area (Å²) in [7, 11) is 0. The lowest BCUT2D eigenvalue weighted by atomic mass is 10.3. The molecular weight excluding hydrogens is 246 g/mol. The molecule has 2 rings (SSSR count). The van der Waals surface area contributed by atoms with Gasteiger partial charge in [-0.2, -0.15) is 0 Å². The summed E-state index contributed by atoms with van der Waals surface area (Å²) >= 11 is 5.77. The van der Waals surface area contributed by atoms with Crippen molar-refractivity contribution in [2.24, 2.45) is 0 Å². The van der Waals surface area contributed by atoms with Crippen molar-refractivity contribution in [1.29, 1.82) is 0 Å². The smallest absolute Gasteiger partial charge is 0.149 e. The van der Waals surface area contributed by atoms with Crippen molar-refractivity contribution in [1.82, 2.24) is 4.98 Å². The molecule has 0 fully saturated rings. The molecule has 0 atom stereocenters. The lowest BCUT2D eigenvalue weighted by molar-refractivity contribution is 0.370. The SMILES string of the molecule is Clc1ccc(OCC#CCc2ccccn2)cc1. The second-order valence-electron chi connectivity index (χ2n) is 3.59. The third-order valence-electron chi connectivity index (χ3n) is 2.25. The van der Waals surface area contributed by atoms with Gasteiger partial charge >= 0.3 is 0 Å². The number of halogens is 1. The number of pyridine rings is 1. The molecule has 1 aromatic carbocycles. The zero-order chi connectivity index (χ0) is 12.6. The summed E-state index contributed by atoms with van der Waals surface area (Å²) in [6.07, 6.45) is 2.41. The monoisotopic (exact) mass is 257 g/mol. The zero-order valence-corrected chi connectivity index (χ0v) is 10.5. The summed E-state index contributed by atoms with van der Waals surface area (Å²) in [4.78, 5) is 4.19. The molecule has 1 heterocycles. The number of nitrogens with zero attached hydrogens (tertiary/aromatic N) is 1. The first-order valence-electron chi connectivity index (χ1n) is 5.58. The second kappa shape index (κ2) is 6.68. The summed E-state index contributed by atoms with van der Waals surface area (Å²) in [5.41, 5.74) is 0.969. The first-order chi connectivity index (χ1) is 8.84. The van der Waals surface area contributed by atoms with Crippen LogP contribution in [0.15, 0.2) is 48.7 Å². The van der Waals surface area contributed by atoms with Gasteiger partial charge in [-0.1, -0.05) is 29.5 Å². The van der Waals surface area contributed by atoms with Gasteiger partial charge in [0, 0.05) is 11.2 Å². The summed E-state index contributed by atoms with van der Waals surface area (Å²) < 4.78 is 5.45. The Kier molecular flexibility index (Phi) is 4.63. The van der Waals surface area contributed by atoms with Gasteiger partial charge in [-0.15, -0.1) is 0 Å². The molecule has 0 unspecified atom stereocenters. The molecule has 18 heavy (non-hydrogen) atoms. The Morgan fingerprint density at radius 1 is 1.06 bits per heavy atom. The minimum absolute atomic E-state index is 0.370. The number of aromatic nitrogens is 1. The van der Waals surface area contributed by atoms with Crippen LogP contribution in [0, 0.1) is 11.8 Å². The zero-order valence-electron chi connectivity index (χ0n) is 9.77. The van der Waals surface area contributed by atoms with Crippen LogP contribution in [0.1, 0.15) is 5.69 Å². The van der Waals surface area contributed by atoms with Crippen molar-refractivity contribution in [3.05, 3.63) is 59.4 Å². The molecule has 0 aliphatic carbocycles. The Morgan fingerprint density at radius 2 is 1.89 bits per heavy atom. The summed E-state index contributed by atoms with van der Waals surface area (Å²) in [5, 5.41) is 0.698. The average Bonchev–Trinajstić information content (AvgIpc) is 2.42. The number of rotatable bonds is 3. The highest BCUT2D eigenvalue weighted by Crippen LogP contribution is 2.14. The van der Waals surface area contributed by atoms with Gasteiger partial charge in [0.1, 0.15) is 12.4 Å². The molecule has 0 bridgehead atoms. The second-order valence-corrected chi connectivity index (χ2v) is 4.03. The minimum atomic E-state index is 0.370. The average molecular weight is 258 g/mol. The van der Waals surface area contributed by atoms with E-state index in [1.54, 1.807) is 18.3 Å². The third-order valence-corrected chi connectivity index (χ3v) is 2.50. The highest BCUT2D eigenvalue weighted by atomic mass is 35.5. The summed E-state index contributed by atoms with van der Waals surface area (Å²) in [5.74, 6) is 6.74. The quantitative estimate of drug-likeness (QED) is 0.787. The van der Waals surface area contributed by atoms with E-state index >= 15 is 0 Å². The van der Waals surface area contributed by atoms with Crippen LogP contribution in [0.5, 0.6) is 5.75 Å². The maximum atomic E-state index is 5.77. The van der Waals surface area contributed by atoms with Crippen LogP contribution in [0.3, 0.4) is 0 Å².